The third kappa shape index (κ3) is 9.90. The van der Waals surface area contributed by atoms with E-state index in [0.29, 0.717) is 19.4 Å². The lowest BCUT2D eigenvalue weighted by Gasteiger charge is -2.67. The molecule has 3 unspecified atom stereocenters. The number of aliphatic hydroxyl groups is 2. The van der Waals surface area contributed by atoms with E-state index in [0.717, 1.165) is 51.4 Å². The molecule has 7 rings (SSSR count). The molecule has 1 heterocycles. The predicted molar refractivity (Wildman–Crippen MR) is 257 cm³/mol. The highest BCUT2D eigenvalue weighted by Crippen LogP contribution is 2.89. The third-order valence-electron chi connectivity index (χ3n) is 18.8. The first kappa shape index (κ1) is 50.1. The molecule has 1 aromatic rings. The number of unbranched alkanes of at least 4 members (excludes halogenated alkanes) is 14. The lowest BCUT2D eigenvalue weighted by Crippen LogP contribution is -2.64. The summed E-state index contributed by atoms with van der Waals surface area (Å²) >= 11 is 0. The van der Waals surface area contributed by atoms with Gasteiger partial charge in [-0.2, -0.15) is 0 Å². The number of esters is 2. The van der Waals surface area contributed by atoms with E-state index in [1.165, 1.54) is 102 Å². The Morgan fingerprint density at radius 2 is 1.54 bits per heavy atom. The van der Waals surface area contributed by atoms with E-state index in [9.17, 15) is 24.6 Å². The number of carbonyl (C=O) groups excluding carboxylic acids is 3. The fourth-order valence-electron chi connectivity index (χ4n) is 15.2. The summed E-state index contributed by atoms with van der Waals surface area (Å²) in [6.07, 6.45) is 30.9. The first-order chi connectivity index (χ1) is 31.1. The molecule has 0 radical (unpaired) electrons. The minimum absolute atomic E-state index is 0.0371. The maximum absolute atomic E-state index is 13.8. The summed E-state index contributed by atoms with van der Waals surface area (Å²) in [6.45, 7) is 11.3. The Labute approximate surface area is 392 Å². The molecule has 8 nitrogen and oxygen atoms in total. The number of methoxy groups -OCH3 is 1. The standard InChI is InChI=1S/C57H86O8/c1-7-8-9-10-11-12-13-14-15-16-17-18-19-20-24-27-50(60)65-39-52(2,62)37-43(58)35-44(51(61)63-6)45-29-33-57-38-56(45,57)32-30-47-53(3)31-28-42-34-46(41-25-22-21-23-26-41)64-40-54(42,4)48(53)36-49(59)55(47,57)5/h21-23,25-26,28,30,32,44-49,59,62H,7-20,24,27,29,31,33-40H2,1-6H3/t44?,45?,46-,47+,48+,49+,52?,53+,54-,55-,56+,57+/m0/s1. The van der Waals surface area contributed by atoms with E-state index in [4.69, 9.17) is 14.2 Å². The van der Waals surface area contributed by atoms with Crippen molar-refractivity contribution in [1.82, 2.24) is 0 Å². The Bertz CT molecular complexity index is 1850. The van der Waals surface area contributed by atoms with E-state index in [1.807, 2.05) is 6.07 Å². The van der Waals surface area contributed by atoms with Crippen LogP contribution in [0.3, 0.4) is 0 Å². The summed E-state index contributed by atoms with van der Waals surface area (Å²) in [5, 5.41) is 23.8. The van der Waals surface area contributed by atoms with Crippen LogP contribution in [-0.4, -0.2) is 60.0 Å². The smallest absolute Gasteiger partial charge is 0.309 e. The fourth-order valence-corrected chi connectivity index (χ4v) is 15.2. The van der Waals surface area contributed by atoms with Crippen LogP contribution in [0.2, 0.25) is 0 Å². The van der Waals surface area contributed by atoms with E-state index < -0.39 is 29.0 Å². The highest BCUT2D eigenvalue weighted by Gasteiger charge is 2.84. The van der Waals surface area contributed by atoms with E-state index in [1.54, 1.807) is 0 Å². The van der Waals surface area contributed by atoms with Crippen molar-refractivity contribution < 1.29 is 38.8 Å². The van der Waals surface area contributed by atoms with Crippen LogP contribution in [0, 0.1) is 50.7 Å². The molecule has 1 saturated heterocycles. The van der Waals surface area contributed by atoms with Crippen molar-refractivity contribution in [2.24, 2.45) is 50.7 Å². The molecule has 12 atom stereocenters. The minimum Gasteiger partial charge on any atom is -0.469 e. The molecule has 3 saturated carbocycles. The van der Waals surface area contributed by atoms with Gasteiger partial charge in [-0.1, -0.05) is 172 Å². The van der Waals surface area contributed by atoms with E-state index in [2.05, 4.69) is 70.2 Å². The molecule has 8 heteroatoms. The summed E-state index contributed by atoms with van der Waals surface area (Å²) in [6, 6.07) is 10.5. The maximum Gasteiger partial charge on any atom is 0.309 e. The summed E-state index contributed by atoms with van der Waals surface area (Å²) in [4.78, 5) is 40.1. The van der Waals surface area contributed by atoms with Gasteiger partial charge in [0.25, 0.3) is 0 Å². The predicted octanol–water partition coefficient (Wildman–Crippen LogP) is 12.5. The van der Waals surface area contributed by atoms with Crippen molar-refractivity contribution in [1.29, 1.82) is 0 Å². The lowest BCUT2D eigenvalue weighted by atomic mass is 9.38. The molecule has 362 valence electrons. The summed E-state index contributed by atoms with van der Waals surface area (Å²) in [7, 11) is 1.39. The summed E-state index contributed by atoms with van der Waals surface area (Å²) in [5.41, 5.74) is 0.0309. The molecule has 65 heavy (non-hydrogen) atoms. The van der Waals surface area contributed by atoms with Crippen molar-refractivity contribution in [3.05, 3.63) is 59.7 Å². The largest absolute Gasteiger partial charge is 0.469 e. The van der Waals surface area contributed by atoms with Crippen molar-refractivity contribution >= 4 is 17.7 Å². The molecule has 5 aliphatic carbocycles. The highest BCUT2D eigenvalue weighted by molar-refractivity contribution is 5.85. The van der Waals surface area contributed by atoms with Gasteiger partial charge in [-0.15, -0.1) is 0 Å². The Hall–Kier alpha value is -2.81. The number of Topliss-reactive ketones (excluding diaryl/α,β-unsaturated/α-hetero) is 1. The Kier molecular flexibility index (Phi) is 16.0. The van der Waals surface area contributed by atoms with Gasteiger partial charge in [0.15, 0.2) is 0 Å². The van der Waals surface area contributed by atoms with Gasteiger partial charge in [0.05, 0.1) is 31.8 Å². The van der Waals surface area contributed by atoms with Gasteiger partial charge < -0.3 is 24.4 Å². The number of hydrogen-bond acceptors (Lipinski definition) is 8. The number of ketones is 1. The van der Waals surface area contributed by atoms with Crippen LogP contribution in [0.15, 0.2) is 54.1 Å². The zero-order valence-corrected chi connectivity index (χ0v) is 41.3. The van der Waals surface area contributed by atoms with Gasteiger partial charge in [0, 0.05) is 30.1 Å². The van der Waals surface area contributed by atoms with Gasteiger partial charge in [-0.25, -0.2) is 0 Å². The summed E-state index contributed by atoms with van der Waals surface area (Å²) < 4.78 is 17.6. The fraction of sp³-hybridized carbons (Fsp3) is 0.772. The van der Waals surface area contributed by atoms with E-state index in [-0.39, 0.29) is 76.7 Å². The highest BCUT2D eigenvalue weighted by atomic mass is 16.5. The molecule has 1 aliphatic heterocycles. The van der Waals surface area contributed by atoms with Gasteiger partial charge in [0.1, 0.15) is 18.0 Å². The molecule has 0 aromatic heterocycles. The Morgan fingerprint density at radius 1 is 0.908 bits per heavy atom. The number of hydrogen-bond donors (Lipinski definition) is 2. The normalized spacial score (nSPS) is 35.6. The van der Waals surface area contributed by atoms with Gasteiger partial charge in [0.2, 0.25) is 0 Å². The van der Waals surface area contributed by atoms with Crippen LogP contribution in [0.4, 0.5) is 0 Å². The number of rotatable bonds is 25. The number of allylic oxidation sites excluding steroid dienone is 3. The van der Waals surface area contributed by atoms with Gasteiger partial charge in [-0.3, -0.25) is 14.4 Å². The van der Waals surface area contributed by atoms with Crippen LogP contribution < -0.4 is 0 Å². The molecule has 2 N–H and O–H groups in total. The van der Waals surface area contributed by atoms with Gasteiger partial charge >= 0.3 is 11.9 Å². The van der Waals surface area contributed by atoms with E-state index >= 15 is 0 Å². The number of benzene rings is 1. The zero-order chi connectivity index (χ0) is 46.5. The monoisotopic (exact) mass is 899 g/mol. The number of ether oxygens (including phenoxy) is 3. The second kappa shape index (κ2) is 20.8. The van der Waals surface area contributed by atoms with Crippen molar-refractivity contribution in [2.75, 3.05) is 20.3 Å². The molecular formula is C57H86O8. The van der Waals surface area contributed by atoms with Crippen LogP contribution >= 0.6 is 0 Å². The second-order valence-corrected chi connectivity index (χ2v) is 23.0. The van der Waals surface area contributed by atoms with Gasteiger partial charge in [-0.05, 0) is 91.4 Å². The quantitative estimate of drug-likeness (QED) is 0.0566. The average molecular weight is 899 g/mol. The zero-order valence-electron chi connectivity index (χ0n) is 41.3. The number of carbonyl (C=O) groups is 3. The van der Waals surface area contributed by atoms with Crippen molar-refractivity contribution in [3.8, 4) is 0 Å². The van der Waals surface area contributed by atoms with Crippen molar-refractivity contribution in [3.63, 3.8) is 0 Å². The maximum atomic E-state index is 13.8. The first-order valence-electron chi connectivity index (χ1n) is 26.3. The van der Waals surface area contributed by atoms with Crippen LogP contribution in [0.5, 0.6) is 0 Å². The molecule has 0 bridgehead atoms. The molecular weight excluding hydrogens is 813 g/mol. The lowest BCUT2D eigenvalue weighted by molar-refractivity contribution is -0.199. The van der Waals surface area contributed by atoms with Crippen LogP contribution in [-0.2, 0) is 28.6 Å². The van der Waals surface area contributed by atoms with Crippen LogP contribution in [0.25, 0.3) is 0 Å². The second-order valence-electron chi connectivity index (χ2n) is 23.0. The SMILES string of the molecule is CCCCCCCCCCCCCCCCCC(=O)OCC(C)(O)CC(=O)CC(C(=O)OC)C1CC[C@]23C[C@]12C=C[C@@H]1[C@@]2(C)CC=C4C[C@@H](c5ccccc5)OC[C@]4(C)[C@@H]2C[C@@H](O)[C@]13C. The first-order valence-corrected chi connectivity index (χ1v) is 26.3. The van der Waals surface area contributed by atoms with Crippen molar-refractivity contribution in [2.45, 2.75) is 207 Å². The molecule has 1 aromatic carbocycles. The molecule has 4 fully saturated rings. The molecule has 6 aliphatic rings. The topological polar surface area (TPSA) is 119 Å². The summed E-state index contributed by atoms with van der Waals surface area (Å²) in [5.74, 6) is -1.35. The number of fused-ring (bicyclic) bond motifs is 5. The average Bonchev–Trinajstić information content (AvgIpc) is 3.87. The van der Waals surface area contributed by atoms with Crippen LogP contribution in [0.1, 0.15) is 200 Å². The molecule has 0 amide bonds. The molecule has 0 spiro atoms. The minimum atomic E-state index is -1.54. The Morgan fingerprint density at radius 3 is 2.17 bits per heavy atom. The third-order valence-corrected chi connectivity index (χ3v) is 18.8. The Balaban J connectivity index is 0.893. The number of aliphatic hydroxyl groups excluding tert-OH is 1.